The van der Waals surface area contributed by atoms with Gasteiger partial charge in [-0.1, -0.05) is 0 Å². The summed E-state index contributed by atoms with van der Waals surface area (Å²) >= 11 is 0. The van der Waals surface area contributed by atoms with Gasteiger partial charge in [-0.15, -0.1) is 0 Å². The van der Waals surface area contributed by atoms with Crippen molar-refractivity contribution in [2.45, 2.75) is 51.6 Å². The predicted molar refractivity (Wildman–Crippen MR) is 105 cm³/mol. The maximum absolute atomic E-state index is 9.71. The summed E-state index contributed by atoms with van der Waals surface area (Å²) in [7, 11) is 0. The predicted octanol–water partition coefficient (Wildman–Crippen LogP) is 3.24. The summed E-state index contributed by atoms with van der Waals surface area (Å²) in [6.07, 6.45) is 5.63. The molecule has 2 heterocycles. The van der Waals surface area contributed by atoms with Gasteiger partial charge in [0.2, 0.25) is 0 Å². The molecule has 0 unspecified atom stereocenters. The molecule has 0 spiro atoms. The van der Waals surface area contributed by atoms with Crippen molar-refractivity contribution in [3.05, 3.63) is 40.8 Å². The molecular weight excluding hydrogens is 338 g/mol. The lowest BCUT2D eigenvalue weighted by Crippen LogP contribution is -2.36. The van der Waals surface area contributed by atoms with Gasteiger partial charge in [0, 0.05) is 30.0 Å². The first-order valence-electron chi connectivity index (χ1n) is 9.74. The Labute approximate surface area is 159 Å². The molecule has 0 atom stereocenters. The average molecular weight is 363 g/mol. The second-order valence-corrected chi connectivity index (χ2v) is 7.44. The summed E-state index contributed by atoms with van der Waals surface area (Å²) in [4.78, 5) is 11.4. The highest BCUT2D eigenvalue weighted by molar-refractivity contribution is 5.69. The fraction of sp³-hybridized carbons (Fsp3) is 0.476. The number of anilines is 3. The van der Waals surface area contributed by atoms with Crippen LogP contribution in [0.15, 0.2) is 18.2 Å². The number of piperidine rings is 1. The van der Waals surface area contributed by atoms with Gasteiger partial charge in [0.1, 0.15) is 17.7 Å². The third-order valence-electron chi connectivity index (χ3n) is 5.48. The Morgan fingerprint density at radius 2 is 1.96 bits per heavy atom. The van der Waals surface area contributed by atoms with Gasteiger partial charge in [-0.2, -0.15) is 5.26 Å². The second kappa shape index (κ2) is 7.53. The molecule has 1 saturated heterocycles. The highest BCUT2D eigenvalue weighted by Gasteiger charge is 2.20. The molecule has 1 aliphatic carbocycles. The van der Waals surface area contributed by atoms with Crippen LogP contribution in [-0.2, 0) is 12.8 Å². The van der Waals surface area contributed by atoms with E-state index in [9.17, 15) is 10.4 Å². The van der Waals surface area contributed by atoms with E-state index in [2.05, 4.69) is 26.3 Å². The molecule has 2 N–H and O–H groups in total. The third-order valence-corrected chi connectivity index (χ3v) is 5.48. The van der Waals surface area contributed by atoms with Crippen LogP contribution in [0.25, 0.3) is 0 Å². The number of aryl methyl sites for hydroxylation is 2. The van der Waals surface area contributed by atoms with Crippen molar-refractivity contribution in [2.75, 3.05) is 23.3 Å². The van der Waals surface area contributed by atoms with Crippen LogP contribution in [-0.4, -0.2) is 34.3 Å². The van der Waals surface area contributed by atoms with E-state index in [1.807, 2.05) is 25.1 Å². The Morgan fingerprint density at radius 3 is 2.74 bits per heavy atom. The zero-order valence-corrected chi connectivity index (χ0v) is 15.7. The minimum absolute atomic E-state index is 0.222. The summed E-state index contributed by atoms with van der Waals surface area (Å²) in [5.74, 6) is 1.65. The van der Waals surface area contributed by atoms with Crippen molar-refractivity contribution in [2.24, 2.45) is 0 Å². The number of nitrogens with one attached hydrogen (secondary N) is 1. The number of nitrogens with zero attached hydrogens (tertiary/aromatic N) is 4. The van der Waals surface area contributed by atoms with Crippen LogP contribution < -0.4 is 10.2 Å². The van der Waals surface area contributed by atoms with Crippen LogP contribution in [0.3, 0.4) is 0 Å². The number of benzene rings is 1. The first-order chi connectivity index (χ1) is 13.1. The van der Waals surface area contributed by atoms with Crippen molar-refractivity contribution >= 4 is 17.2 Å². The Balaban J connectivity index is 1.61. The number of hydrogen-bond donors (Lipinski definition) is 2. The number of aliphatic hydroxyl groups is 1. The molecule has 0 radical (unpaired) electrons. The van der Waals surface area contributed by atoms with Crippen molar-refractivity contribution in [1.29, 1.82) is 5.26 Å². The number of aliphatic hydroxyl groups excluding tert-OH is 1. The van der Waals surface area contributed by atoms with E-state index in [4.69, 9.17) is 0 Å². The molecule has 1 fully saturated rings. The highest BCUT2D eigenvalue weighted by Crippen LogP contribution is 2.31. The van der Waals surface area contributed by atoms with Crippen LogP contribution in [0.1, 0.15) is 48.3 Å². The standard InChI is InChI=1S/C21H25N5O/c1-14-23-19-5-3-2-4-18(19)21(24-14)25-16-6-7-20(15(12-16)13-22)26-10-8-17(27)9-11-26/h6-7,12,17,27H,2-5,8-11H2,1H3,(H,23,24,25). The molecule has 1 aliphatic heterocycles. The zero-order valence-electron chi connectivity index (χ0n) is 15.7. The minimum atomic E-state index is -0.222. The molecule has 6 nitrogen and oxygen atoms in total. The third kappa shape index (κ3) is 3.74. The number of nitriles is 1. The molecule has 0 amide bonds. The van der Waals surface area contributed by atoms with Gasteiger partial charge in [-0.25, -0.2) is 9.97 Å². The quantitative estimate of drug-likeness (QED) is 0.871. The van der Waals surface area contributed by atoms with E-state index >= 15 is 0 Å². The van der Waals surface area contributed by atoms with E-state index in [0.717, 1.165) is 73.9 Å². The van der Waals surface area contributed by atoms with Crippen LogP contribution >= 0.6 is 0 Å². The smallest absolute Gasteiger partial charge is 0.137 e. The molecule has 27 heavy (non-hydrogen) atoms. The Hall–Kier alpha value is -2.65. The summed E-state index contributed by atoms with van der Waals surface area (Å²) in [6.45, 7) is 3.48. The first-order valence-corrected chi connectivity index (χ1v) is 9.74. The topological polar surface area (TPSA) is 85.1 Å². The molecule has 2 aromatic rings. The van der Waals surface area contributed by atoms with Gasteiger partial charge in [-0.05, 0) is 63.6 Å². The number of aromatic nitrogens is 2. The van der Waals surface area contributed by atoms with Gasteiger partial charge < -0.3 is 15.3 Å². The Morgan fingerprint density at radius 1 is 1.19 bits per heavy atom. The summed E-state index contributed by atoms with van der Waals surface area (Å²) in [5.41, 5.74) is 4.82. The first kappa shape index (κ1) is 17.7. The molecule has 1 aromatic carbocycles. The normalized spacial score (nSPS) is 17.3. The summed E-state index contributed by atoms with van der Waals surface area (Å²) in [6, 6.07) is 8.23. The van der Waals surface area contributed by atoms with E-state index in [1.165, 1.54) is 12.0 Å². The van der Waals surface area contributed by atoms with E-state index in [0.29, 0.717) is 5.56 Å². The number of fused-ring (bicyclic) bond motifs is 1. The lowest BCUT2D eigenvalue weighted by atomic mass is 9.96. The van der Waals surface area contributed by atoms with Crippen LogP contribution in [0.5, 0.6) is 0 Å². The molecule has 4 rings (SSSR count). The SMILES string of the molecule is Cc1nc2c(c(Nc3ccc(N4CCC(O)CC4)c(C#N)c3)n1)CCCC2. The summed E-state index contributed by atoms with van der Waals surface area (Å²) < 4.78 is 0. The highest BCUT2D eigenvalue weighted by atomic mass is 16.3. The molecular formula is C21H25N5O. The largest absolute Gasteiger partial charge is 0.393 e. The van der Waals surface area contributed by atoms with Gasteiger partial charge in [-0.3, -0.25) is 0 Å². The fourth-order valence-electron chi connectivity index (χ4n) is 4.04. The fourth-order valence-corrected chi connectivity index (χ4v) is 4.04. The van der Waals surface area contributed by atoms with Gasteiger partial charge in [0.15, 0.2) is 0 Å². The lowest BCUT2D eigenvalue weighted by Gasteiger charge is -2.32. The van der Waals surface area contributed by atoms with Gasteiger partial charge in [0.25, 0.3) is 0 Å². The number of rotatable bonds is 3. The zero-order chi connectivity index (χ0) is 18.8. The molecule has 1 aromatic heterocycles. The molecule has 0 saturated carbocycles. The van der Waals surface area contributed by atoms with Gasteiger partial charge in [0.05, 0.1) is 17.4 Å². The Kier molecular flexibility index (Phi) is 4.95. The number of hydrogen-bond acceptors (Lipinski definition) is 6. The molecule has 0 bridgehead atoms. The van der Waals surface area contributed by atoms with E-state index in [1.54, 1.807) is 0 Å². The van der Waals surface area contributed by atoms with E-state index in [-0.39, 0.29) is 6.10 Å². The van der Waals surface area contributed by atoms with Crippen LogP contribution in [0.4, 0.5) is 17.2 Å². The van der Waals surface area contributed by atoms with Crippen molar-refractivity contribution < 1.29 is 5.11 Å². The van der Waals surface area contributed by atoms with E-state index < -0.39 is 0 Å². The van der Waals surface area contributed by atoms with Crippen molar-refractivity contribution in [1.82, 2.24) is 9.97 Å². The van der Waals surface area contributed by atoms with Crippen molar-refractivity contribution in [3.63, 3.8) is 0 Å². The minimum Gasteiger partial charge on any atom is -0.393 e. The van der Waals surface area contributed by atoms with Crippen LogP contribution in [0.2, 0.25) is 0 Å². The lowest BCUT2D eigenvalue weighted by molar-refractivity contribution is 0.145. The molecule has 6 heteroatoms. The molecule has 2 aliphatic rings. The summed E-state index contributed by atoms with van der Waals surface area (Å²) in [5, 5.41) is 22.8. The maximum atomic E-state index is 9.71. The molecule has 140 valence electrons. The maximum Gasteiger partial charge on any atom is 0.137 e. The Bertz CT molecular complexity index is 881. The van der Waals surface area contributed by atoms with Crippen LogP contribution in [0, 0.1) is 18.3 Å². The second-order valence-electron chi connectivity index (χ2n) is 7.44. The average Bonchev–Trinajstić information content (AvgIpc) is 2.68. The van der Waals surface area contributed by atoms with Crippen molar-refractivity contribution in [3.8, 4) is 6.07 Å². The van der Waals surface area contributed by atoms with Gasteiger partial charge >= 0.3 is 0 Å². The monoisotopic (exact) mass is 363 g/mol.